The number of halogens is 3. The summed E-state index contributed by atoms with van der Waals surface area (Å²) in [5.41, 5.74) is 0. The van der Waals surface area contributed by atoms with Crippen molar-refractivity contribution in [3.05, 3.63) is 24.0 Å². The van der Waals surface area contributed by atoms with Crippen LogP contribution in [0.15, 0.2) is 24.0 Å². The van der Waals surface area contributed by atoms with Gasteiger partial charge in [0.2, 0.25) is 5.76 Å². The molecule has 0 spiro atoms. The van der Waals surface area contributed by atoms with Crippen molar-refractivity contribution in [1.29, 1.82) is 0 Å². The van der Waals surface area contributed by atoms with Crippen molar-refractivity contribution in [2.75, 3.05) is 0 Å². The second kappa shape index (κ2) is 4.45. The van der Waals surface area contributed by atoms with Gasteiger partial charge in [0.25, 0.3) is 5.78 Å². The van der Waals surface area contributed by atoms with Gasteiger partial charge in [-0.25, -0.2) is 4.79 Å². The molecule has 4 nitrogen and oxygen atoms in total. The van der Waals surface area contributed by atoms with Crippen LogP contribution in [0, 0.1) is 0 Å². The summed E-state index contributed by atoms with van der Waals surface area (Å²) in [4.78, 5) is 20.1. The number of carbonyl (C=O) groups excluding carboxylic acids is 1. The molecule has 0 aliphatic rings. The normalized spacial score (nSPS) is 13.2. The number of carboxylic acids is 1. The standard InChI is InChI=1S/C7H5F3O4/c8-7(9,10)5(12)3-1-2-4(11)6(13)14/h1-3,11H,(H,13,14). The quantitative estimate of drug-likeness (QED) is 0.417. The van der Waals surface area contributed by atoms with E-state index in [1.807, 2.05) is 0 Å². The third-order valence-corrected chi connectivity index (χ3v) is 1.00. The number of aliphatic hydroxyl groups is 1. The lowest BCUT2D eigenvalue weighted by atomic mass is 10.3. The molecule has 0 aliphatic heterocycles. The Kier molecular flexibility index (Phi) is 3.88. The number of hydrogen-bond donors (Lipinski definition) is 2. The molecular formula is C7H5F3O4. The highest BCUT2D eigenvalue weighted by Crippen LogP contribution is 2.16. The van der Waals surface area contributed by atoms with Gasteiger partial charge in [0.05, 0.1) is 0 Å². The van der Waals surface area contributed by atoms with Crippen molar-refractivity contribution in [1.82, 2.24) is 0 Å². The van der Waals surface area contributed by atoms with Gasteiger partial charge in [-0.15, -0.1) is 0 Å². The number of carbonyl (C=O) groups is 2. The molecule has 0 aromatic carbocycles. The monoisotopic (exact) mass is 210 g/mol. The first kappa shape index (κ1) is 12.2. The summed E-state index contributed by atoms with van der Waals surface area (Å²) >= 11 is 0. The van der Waals surface area contributed by atoms with E-state index >= 15 is 0 Å². The third-order valence-electron chi connectivity index (χ3n) is 1.00. The average Bonchev–Trinajstić information content (AvgIpc) is 2.01. The summed E-state index contributed by atoms with van der Waals surface area (Å²) in [6.07, 6.45) is -3.92. The molecule has 0 saturated carbocycles. The Bertz CT molecular complexity index is 301. The summed E-state index contributed by atoms with van der Waals surface area (Å²) in [6, 6.07) is 0. The van der Waals surface area contributed by atoms with E-state index in [1.165, 1.54) is 0 Å². The Morgan fingerprint density at radius 2 is 1.64 bits per heavy atom. The molecule has 7 heteroatoms. The molecule has 2 N–H and O–H groups in total. The number of ketones is 1. The van der Waals surface area contributed by atoms with Gasteiger partial charge in [0.15, 0.2) is 0 Å². The van der Waals surface area contributed by atoms with Gasteiger partial charge >= 0.3 is 12.1 Å². The predicted octanol–water partition coefficient (Wildman–Crippen LogP) is 1.20. The SMILES string of the molecule is O=C(O)C(O)=CC=CC(=O)C(F)(F)F. The highest BCUT2D eigenvalue weighted by atomic mass is 19.4. The molecule has 0 saturated heterocycles. The summed E-state index contributed by atoms with van der Waals surface area (Å²) in [5, 5.41) is 16.5. The Morgan fingerprint density at radius 1 is 1.14 bits per heavy atom. The molecule has 0 fully saturated rings. The maximum Gasteiger partial charge on any atom is 0.454 e. The van der Waals surface area contributed by atoms with Crippen LogP contribution in [0.4, 0.5) is 13.2 Å². The second-order valence-electron chi connectivity index (χ2n) is 2.08. The Labute approximate surface area is 76.0 Å². The number of hydrogen-bond acceptors (Lipinski definition) is 3. The summed E-state index contributed by atoms with van der Waals surface area (Å²) < 4.78 is 34.6. The van der Waals surface area contributed by atoms with Crippen LogP contribution in [0.25, 0.3) is 0 Å². The van der Waals surface area contributed by atoms with Crippen molar-refractivity contribution >= 4 is 11.8 Å². The number of aliphatic carboxylic acids is 1. The van der Waals surface area contributed by atoms with Crippen molar-refractivity contribution in [3.63, 3.8) is 0 Å². The van der Waals surface area contributed by atoms with Gasteiger partial charge in [-0.3, -0.25) is 4.79 Å². The summed E-state index contributed by atoms with van der Waals surface area (Å²) in [7, 11) is 0. The lowest BCUT2D eigenvalue weighted by Gasteiger charge is -1.97. The molecule has 0 bridgehead atoms. The van der Waals surface area contributed by atoms with E-state index in [9.17, 15) is 22.8 Å². The first-order valence-corrected chi connectivity index (χ1v) is 3.17. The first-order valence-electron chi connectivity index (χ1n) is 3.17. The van der Waals surface area contributed by atoms with Gasteiger partial charge in [-0.05, 0) is 12.2 Å². The van der Waals surface area contributed by atoms with E-state index in [4.69, 9.17) is 10.2 Å². The van der Waals surface area contributed by atoms with Gasteiger partial charge in [-0.1, -0.05) is 6.08 Å². The fourth-order valence-electron chi connectivity index (χ4n) is 0.392. The minimum atomic E-state index is -5.00. The molecule has 0 aliphatic carbocycles. The van der Waals surface area contributed by atoms with E-state index < -0.39 is 23.7 Å². The molecule has 0 aromatic rings. The van der Waals surface area contributed by atoms with Crippen molar-refractivity contribution in [2.24, 2.45) is 0 Å². The highest BCUT2D eigenvalue weighted by molar-refractivity contribution is 5.94. The third kappa shape index (κ3) is 4.29. The smallest absolute Gasteiger partial charge is 0.454 e. The maximum absolute atomic E-state index is 11.5. The maximum atomic E-state index is 11.5. The number of alkyl halides is 3. The minimum absolute atomic E-state index is 0.110. The van der Waals surface area contributed by atoms with Gasteiger partial charge in [0.1, 0.15) is 0 Å². The van der Waals surface area contributed by atoms with Crippen LogP contribution < -0.4 is 0 Å². The van der Waals surface area contributed by atoms with Gasteiger partial charge in [0, 0.05) is 0 Å². The first-order chi connectivity index (χ1) is 6.25. The topological polar surface area (TPSA) is 74.6 Å². The van der Waals surface area contributed by atoms with E-state index in [0.29, 0.717) is 12.2 Å². The second-order valence-corrected chi connectivity index (χ2v) is 2.08. The minimum Gasteiger partial charge on any atom is -0.502 e. The van der Waals surface area contributed by atoms with Crippen LogP contribution in [0.2, 0.25) is 0 Å². The fourth-order valence-corrected chi connectivity index (χ4v) is 0.392. The zero-order valence-corrected chi connectivity index (χ0v) is 6.58. The van der Waals surface area contributed by atoms with Crippen molar-refractivity contribution < 1.29 is 33.0 Å². The summed E-state index contributed by atoms with van der Waals surface area (Å²) in [5.74, 6) is -4.99. The molecule has 0 unspecified atom stereocenters. The molecule has 0 radical (unpaired) electrons. The van der Waals surface area contributed by atoms with Crippen LogP contribution in [-0.4, -0.2) is 28.1 Å². The average molecular weight is 210 g/mol. The lowest BCUT2D eigenvalue weighted by molar-refractivity contribution is -0.165. The Hall–Kier alpha value is -1.79. The number of carboxylic acid groups (broad SMARTS) is 1. The van der Waals surface area contributed by atoms with E-state index in [2.05, 4.69) is 0 Å². The van der Waals surface area contributed by atoms with Gasteiger partial charge in [-0.2, -0.15) is 13.2 Å². The number of aliphatic hydroxyl groups excluding tert-OH is 1. The molecule has 78 valence electrons. The predicted molar refractivity (Wildman–Crippen MR) is 38.5 cm³/mol. The molecule has 0 atom stereocenters. The fraction of sp³-hybridized carbons (Fsp3) is 0.143. The van der Waals surface area contributed by atoms with Crippen molar-refractivity contribution in [3.8, 4) is 0 Å². The molecule has 14 heavy (non-hydrogen) atoms. The van der Waals surface area contributed by atoms with E-state index in [-0.39, 0.29) is 6.08 Å². The Morgan fingerprint density at radius 3 is 2.00 bits per heavy atom. The van der Waals surface area contributed by atoms with Crippen LogP contribution in [0.1, 0.15) is 0 Å². The molecule has 0 rings (SSSR count). The molecule has 0 heterocycles. The molecule has 0 amide bonds. The largest absolute Gasteiger partial charge is 0.502 e. The molecular weight excluding hydrogens is 205 g/mol. The highest BCUT2D eigenvalue weighted by Gasteiger charge is 2.35. The van der Waals surface area contributed by atoms with E-state index in [1.54, 1.807) is 0 Å². The van der Waals surface area contributed by atoms with Crippen LogP contribution in [-0.2, 0) is 9.59 Å². The van der Waals surface area contributed by atoms with Crippen LogP contribution >= 0.6 is 0 Å². The van der Waals surface area contributed by atoms with Gasteiger partial charge < -0.3 is 10.2 Å². The Balaban J connectivity index is 4.42. The van der Waals surface area contributed by atoms with Crippen LogP contribution in [0.3, 0.4) is 0 Å². The number of allylic oxidation sites excluding steroid dienone is 3. The lowest BCUT2D eigenvalue weighted by Crippen LogP contribution is -2.19. The molecule has 0 aromatic heterocycles. The zero-order valence-electron chi connectivity index (χ0n) is 6.58. The van der Waals surface area contributed by atoms with E-state index in [0.717, 1.165) is 0 Å². The number of rotatable bonds is 3. The van der Waals surface area contributed by atoms with Crippen LogP contribution in [0.5, 0.6) is 0 Å². The summed E-state index contributed by atoms with van der Waals surface area (Å²) in [6.45, 7) is 0. The van der Waals surface area contributed by atoms with Crippen molar-refractivity contribution in [2.45, 2.75) is 6.18 Å². The zero-order chi connectivity index (χ0) is 11.4.